The molecule has 2 aromatic rings. The fraction of sp³-hybridized carbons (Fsp3) is 0.556. The van der Waals surface area contributed by atoms with Gasteiger partial charge in [-0.3, -0.25) is 19.1 Å². The van der Waals surface area contributed by atoms with E-state index in [1.807, 2.05) is 7.05 Å². The molecule has 30 heavy (non-hydrogen) atoms. The number of hydrogen-bond donors (Lipinski definition) is 2. The van der Waals surface area contributed by atoms with Crippen LogP contribution in [0.2, 0.25) is 0 Å². The molecular weight excluding hydrogens is 394 g/mol. The van der Waals surface area contributed by atoms with E-state index in [1.165, 1.54) is 0 Å². The normalized spacial score (nSPS) is 18.5. The summed E-state index contributed by atoms with van der Waals surface area (Å²) in [6.07, 6.45) is 1.76. The molecule has 1 atom stereocenters. The van der Waals surface area contributed by atoms with Crippen LogP contribution >= 0.6 is 0 Å². The number of carbonyl (C=O) groups excluding carboxylic acids is 2. The monoisotopic (exact) mass is 419 g/mol. The van der Waals surface area contributed by atoms with Gasteiger partial charge in [0, 0.05) is 45.7 Å². The van der Waals surface area contributed by atoms with Crippen LogP contribution in [0.3, 0.4) is 0 Å². The van der Waals surface area contributed by atoms with Gasteiger partial charge in [0.25, 0.3) is 18.3 Å². The minimum absolute atomic E-state index is 0.0607. The number of carbonyl (C=O) groups is 3. The zero-order chi connectivity index (χ0) is 21.8. The molecule has 2 aliphatic heterocycles. The summed E-state index contributed by atoms with van der Waals surface area (Å²) in [5, 5.41) is 28.7. The minimum Gasteiger partial charge on any atom is -0.483 e. The lowest BCUT2D eigenvalue weighted by molar-refractivity contribution is -0.122. The molecule has 1 saturated heterocycles. The molecule has 0 radical (unpaired) electrons. The zero-order valence-electron chi connectivity index (χ0n) is 16.9. The lowest BCUT2D eigenvalue weighted by Gasteiger charge is -2.31. The number of likely N-dealkylation sites (tertiary alicyclic amines) is 1. The largest absolute Gasteiger partial charge is 0.483 e. The molecule has 0 aromatic carbocycles. The predicted octanol–water partition coefficient (Wildman–Crippen LogP) is -0.690. The number of piperidine rings is 1. The van der Waals surface area contributed by atoms with E-state index in [1.54, 1.807) is 32.2 Å². The highest BCUT2D eigenvalue weighted by atomic mass is 16.3. The van der Waals surface area contributed by atoms with E-state index in [2.05, 4.69) is 15.3 Å². The van der Waals surface area contributed by atoms with Gasteiger partial charge in [-0.2, -0.15) is 5.10 Å². The molecule has 4 heterocycles. The van der Waals surface area contributed by atoms with Crippen LogP contribution in [0.5, 0.6) is 0 Å². The number of rotatable bonds is 3. The summed E-state index contributed by atoms with van der Waals surface area (Å²) in [5.41, 5.74) is 0.768. The van der Waals surface area contributed by atoms with Crippen LogP contribution in [-0.4, -0.2) is 89.5 Å². The molecule has 1 unspecified atom stereocenters. The Morgan fingerprint density at radius 1 is 1.27 bits per heavy atom. The summed E-state index contributed by atoms with van der Waals surface area (Å²) in [4.78, 5) is 37.0. The van der Waals surface area contributed by atoms with Crippen molar-refractivity contribution < 1.29 is 24.6 Å². The summed E-state index contributed by atoms with van der Waals surface area (Å²) < 4.78 is 3.41. The summed E-state index contributed by atoms with van der Waals surface area (Å²) in [7, 11) is 3.57. The van der Waals surface area contributed by atoms with Gasteiger partial charge in [-0.05, 0) is 12.8 Å². The number of aliphatic hydroxyl groups excluding tert-OH is 1. The first-order valence-electron chi connectivity index (χ1n) is 9.60. The Morgan fingerprint density at radius 2 is 2.00 bits per heavy atom. The van der Waals surface area contributed by atoms with E-state index in [0.717, 1.165) is 18.7 Å². The smallest absolute Gasteiger partial charge is 0.290 e. The van der Waals surface area contributed by atoms with Crippen molar-refractivity contribution >= 4 is 18.3 Å². The Balaban J connectivity index is 0.000000806. The summed E-state index contributed by atoms with van der Waals surface area (Å²) in [6, 6.07) is 1.59. The number of aliphatic hydroxyl groups is 1. The lowest BCUT2D eigenvalue weighted by Crippen LogP contribution is -2.40. The van der Waals surface area contributed by atoms with Crippen molar-refractivity contribution in [2.75, 3.05) is 26.7 Å². The Labute approximate surface area is 172 Å². The average molecular weight is 419 g/mol. The molecular formula is C18H25N7O5. The topological polar surface area (TPSA) is 147 Å². The number of fused-ring (bicyclic) bond motifs is 1. The third-order valence-electron chi connectivity index (χ3n) is 5.43. The number of hydrogen-bond acceptors (Lipinski definition) is 7. The van der Waals surface area contributed by atoms with Gasteiger partial charge in [0.15, 0.2) is 11.5 Å². The highest BCUT2D eigenvalue weighted by Crippen LogP contribution is 2.27. The van der Waals surface area contributed by atoms with E-state index in [0.29, 0.717) is 43.4 Å². The van der Waals surface area contributed by atoms with E-state index in [-0.39, 0.29) is 30.8 Å². The number of aromatic nitrogens is 5. The number of carboxylic acid groups (broad SMARTS) is 1. The van der Waals surface area contributed by atoms with Crippen molar-refractivity contribution in [2.24, 2.45) is 7.05 Å². The fourth-order valence-electron chi connectivity index (χ4n) is 3.81. The second-order valence-corrected chi connectivity index (χ2v) is 7.25. The predicted molar refractivity (Wildman–Crippen MR) is 103 cm³/mol. The average Bonchev–Trinajstić information content (AvgIpc) is 3.35. The van der Waals surface area contributed by atoms with Crippen molar-refractivity contribution in [3.63, 3.8) is 0 Å². The van der Waals surface area contributed by atoms with Gasteiger partial charge in [-0.25, -0.2) is 0 Å². The Hall–Kier alpha value is -3.28. The van der Waals surface area contributed by atoms with Crippen LogP contribution in [0.4, 0.5) is 0 Å². The molecule has 0 spiro atoms. The van der Waals surface area contributed by atoms with E-state index < -0.39 is 0 Å². The molecule has 0 saturated carbocycles. The highest BCUT2D eigenvalue weighted by Gasteiger charge is 2.32. The number of likely N-dealkylation sites (N-methyl/N-ethyl adjacent to an activating group) is 1. The van der Waals surface area contributed by atoms with Gasteiger partial charge in [0.2, 0.25) is 0 Å². The molecule has 2 N–H and O–H groups in total. The van der Waals surface area contributed by atoms with E-state index >= 15 is 0 Å². The van der Waals surface area contributed by atoms with Crippen LogP contribution in [0.25, 0.3) is 0 Å². The molecule has 0 bridgehead atoms. The fourth-order valence-corrected chi connectivity index (χ4v) is 3.81. The molecule has 1 fully saturated rings. The maximum absolute atomic E-state index is 13.0. The van der Waals surface area contributed by atoms with Gasteiger partial charge in [-0.1, -0.05) is 0 Å². The Bertz CT molecular complexity index is 938. The summed E-state index contributed by atoms with van der Waals surface area (Å²) >= 11 is 0. The van der Waals surface area contributed by atoms with Crippen molar-refractivity contribution in [3.8, 4) is 0 Å². The first-order chi connectivity index (χ1) is 14.4. The SMILES string of the molecule is CN1CCn2nc(C(=O)N3CCCC(c4nnc(CO)n4C)C3)cc2C1=O.O=CO. The van der Waals surface area contributed by atoms with Gasteiger partial charge in [0.05, 0.1) is 6.54 Å². The van der Waals surface area contributed by atoms with Crippen LogP contribution in [-0.2, 0) is 25.0 Å². The maximum atomic E-state index is 13.0. The van der Waals surface area contributed by atoms with E-state index in [9.17, 15) is 14.7 Å². The van der Waals surface area contributed by atoms with E-state index in [4.69, 9.17) is 9.90 Å². The number of amides is 2. The second-order valence-electron chi connectivity index (χ2n) is 7.25. The van der Waals surface area contributed by atoms with Crippen LogP contribution < -0.4 is 0 Å². The zero-order valence-corrected chi connectivity index (χ0v) is 16.9. The Morgan fingerprint density at radius 3 is 2.67 bits per heavy atom. The molecule has 2 aromatic heterocycles. The van der Waals surface area contributed by atoms with Gasteiger partial charge < -0.3 is 24.6 Å². The minimum atomic E-state index is -0.250. The molecule has 2 aliphatic rings. The Kier molecular flexibility index (Phi) is 6.45. The van der Waals surface area contributed by atoms with Crippen molar-refractivity contribution in [1.82, 2.24) is 34.3 Å². The standard InChI is InChI=1S/C17H23N7O3.CH2O2/c1-21-6-7-24-13(17(21)27)8-12(20-24)16(26)23-5-3-4-11(9-23)15-19-18-14(10-25)22(15)2;2-1-3/h8,11,25H,3-7,9-10H2,1-2H3;1H,(H,2,3). The first kappa shape index (κ1) is 21.4. The second kappa shape index (κ2) is 9.03. The molecule has 162 valence electrons. The quantitative estimate of drug-likeness (QED) is 0.622. The third kappa shape index (κ3) is 4.03. The van der Waals surface area contributed by atoms with Gasteiger partial charge >= 0.3 is 0 Å². The van der Waals surface area contributed by atoms with Crippen LogP contribution in [0.1, 0.15) is 51.4 Å². The van der Waals surface area contributed by atoms with Crippen molar-refractivity contribution in [3.05, 3.63) is 29.1 Å². The summed E-state index contributed by atoms with van der Waals surface area (Å²) in [6.45, 7) is 1.94. The third-order valence-corrected chi connectivity index (χ3v) is 5.43. The van der Waals surface area contributed by atoms with Gasteiger partial charge in [-0.15, -0.1) is 10.2 Å². The summed E-state index contributed by atoms with van der Waals surface area (Å²) in [5.74, 6) is 1.07. The van der Waals surface area contributed by atoms with Crippen molar-refractivity contribution in [1.29, 1.82) is 0 Å². The van der Waals surface area contributed by atoms with Crippen molar-refractivity contribution in [2.45, 2.75) is 31.9 Å². The maximum Gasteiger partial charge on any atom is 0.290 e. The van der Waals surface area contributed by atoms with Gasteiger partial charge in [0.1, 0.15) is 18.1 Å². The highest BCUT2D eigenvalue weighted by molar-refractivity contribution is 5.98. The number of nitrogens with zero attached hydrogens (tertiary/aromatic N) is 7. The lowest BCUT2D eigenvalue weighted by atomic mass is 9.97. The molecule has 4 rings (SSSR count). The van der Waals surface area contributed by atoms with Crippen LogP contribution in [0.15, 0.2) is 6.07 Å². The molecule has 2 amide bonds. The van der Waals surface area contributed by atoms with Crippen LogP contribution in [0, 0.1) is 0 Å². The molecule has 0 aliphatic carbocycles. The molecule has 12 nitrogen and oxygen atoms in total. The molecule has 12 heteroatoms. The first-order valence-corrected chi connectivity index (χ1v) is 9.60.